The molecule has 0 fully saturated rings. The van der Waals surface area contributed by atoms with Crippen molar-refractivity contribution in [3.8, 4) is 22.6 Å². The Balaban J connectivity index is 1.88. The van der Waals surface area contributed by atoms with Crippen LogP contribution in [0.3, 0.4) is 0 Å². The van der Waals surface area contributed by atoms with Crippen molar-refractivity contribution in [1.29, 1.82) is 0 Å². The summed E-state index contributed by atoms with van der Waals surface area (Å²) < 4.78 is 11.9. The molecule has 1 aliphatic rings. The van der Waals surface area contributed by atoms with Crippen LogP contribution < -0.4 is 19.7 Å². The van der Waals surface area contributed by atoms with Gasteiger partial charge < -0.3 is 24.8 Å². The average molecular weight is 481 g/mol. The molecule has 3 aromatic rings. The number of aliphatic hydroxyl groups excluding tert-OH is 1. The zero-order chi connectivity index (χ0) is 24.5. The van der Waals surface area contributed by atoms with Crippen LogP contribution in [0, 0.1) is 0 Å². The average Bonchev–Trinajstić information content (AvgIpc) is 2.82. The second-order valence-corrected chi connectivity index (χ2v) is 9.25. The van der Waals surface area contributed by atoms with Crippen molar-refractivity contribution >= 4 is 28.9 Å². The van der Waals surface area contributed by atoms with E-state index in [1.165, 1.54) is 0 Å². The van der Waals surface area contributed by atoms with Gasteiger partial charge in [-0.3, -0.25) is 4.79 Å². The smallest absolute Gasteiger partial charge is 0.251 e. The van der Waals surface area contributed by atoms with E-state index < -0.39 is 5.54 Å². The Kier molecular flexibility index (Phi) is 6.73. The minimum absolute atomic E-state index is 0.0301. The van der Waals surface area contributed by atoms with Gasteiger partial charge in [0.25, 0.3) is 5.91 Å². The number of nitrogens with one attached hydrogen (secondary N) is 1. The summed E-state index contributed by atoms with van der Waals surface area (Å²) in [5.74, 6) is 1.32. The molecule has 0 saturated carbocycles. The highest BCUT2D eigenvalue weighted by molar-refractivity contribution is 6.31. The number of halogens is 1. The molecule has 0 aliphatic carbocycles. The number of fused-ring (bicyclic) bond motifs is 1. The van der Waals surface area contributed by atoms with Crippen LogP contribution in [0.5, 0.6) is 11.5 Å². The summed E-state index contributed by atoms with van der Waals surface area (Å²) in [5, 5.41) is 13.4. The van der Waals surface area contributed by atoms with Crippen molar-refractivity contribution in [3.05, 3.63) is 70.7 Å². The number of ether oxygens (including phenoxy) is 2. The quantitative estimate of drug-likeness (QED) is 0.480. The van der Waals surface area contributed by atoms with Crippen LogP contribution in [0.1, 0.15) is 25.0 Å². The molecule has 0 radical (unpaired) electrons. The Morgan fingerprint density at radius 3 is 2.56 bits per heavy atom. The third kappa shape index (κ3) is 4.43. The zero-order valence-corrected chi connectivity index (χ0v) is 20.6. The number of nitrogens with zero attached hydrogens (tertiary/aromatic N) is 1. The van der Waals surface area contributed by atoms with Gasteiger partial charge in [-0.05, 0) is 61.7 Å². The van der Waals surface area contributed by atoms with Gasteiger partial charge >= 0.3 is 0 Å². The fraction of sp³-hybridized carbons (Fsp3) is 0.296. The summed E-state index contributed by atoms with van der Waals surface area (Å²) in [5.41, 5.74) is 4.28. The molecule has 0 saturated heterocycles. The summed E-state index contributed by atoms with van der Waals surface area (Å²) in [6.07, 6.45) is 0.492. The van der Waals surface area contributed by atoms with E-state index in [1.54, 1.807) is 25.1 Å². The predicted octanol–water partition coefficient (Wildman–Crippen LogP) is 5.30. The van der Waals surface area contributed by atoms with E-state index in [9.17, 15) is 9.90 Å². The monoisotopic (exact) mass is 480 g/mol. The number of methoxy groups -OCH3 is 1. The summed E-state index contributed by atoms with van der Waals surface area (Å²) in [7, 11) is 3.40. The minimum atomic E-state index is -0.733. The fourth-order valence-electron chi connectivity index (χ4n) is 4.44. The van der Waals surface area contributed by atoms with Gasteiger partial charge in [-0.25, -0.2) is 0 Å². The van der Waals surface area contributed by atoms with Crippen molar-refractivity contribution in [3.63, 3.8) is 0 Å². The van der Waals surface area contributed by atoms with E-state index >= 15 is 0 Å². The van der Waals surface area contributed by atoms with Crippen molar-refractivity contribution in [2.75, 3.05) is 31.0 Å². The molecule has 7 heteroatoms. The van der Waals surface area contributed by atoms with Crippen LogP contribution >= 0.6 is 11.6 Å². The molecule has 34 heavy (non-hydrogen) atoms. The first-order chi connectivity index (χ1) is 16.3. The summed E-state index contributed by atoms with van der Waals surface area (Å²) in [4.78, 5) is 14.8. The van der Waals surface area contributed by atoms with Crippen LogP contribution in [-0.4, -0.2) is 37.3 Å². The molecular formula is C27H29ClN2O4. The van der Waals surface area contributed by atoms with Gasteiger partial charge in [0.2, 0.25) is 0 Å². The van der Waals surface area contributed by atoms with E-state index in [-0.39, 0.29) is 19.1 Å². The molecule has 178 valence electrons. The summed E-state index contributed by atoms with van der Waals surface area (Å²) in [6.45, 7) is 3.96. The Morgan fingerprint density at radius 1 is 1.06 bits per heavy atom. The van der Waals surface area contributed by atoms with Gasteiger partial charge in [-0.15, -0.1) is 0 Å². The third-order valence-corrected chi connectivity index (χ3v) is 6.32. The van der Waals surface area contributed by atoms with Crippen LogP contribution in [0.25, 0.3) is 11.1 Å². The Bertz CT molecular complexity index is 1230. The molecule has 0 spiro atoms. The maximum atomic E-state index is 13.1. The first-order valence-electron chi connectivity index (χ1n) is 11.1. The number of anilines is 2. The van der Waals surface area contributed by atoms with Gasteiger partial charge in [0.1, 0.15) is 23.6 Å². The molecule has 6 nitrogen and oxygen atoms in total. The largest absolute Gasteiger partial charge is 0.496 e. The SMILES string of the molecule is COc1ccc(Cl)cc1-c1ccc2c(c1COc1ccccc1CCO)N(C)C(=O)C(C)(C)N2. The lowest BCUT2D eigenvalue weighted by Gasteiger charge is -2.39. The van der Waals surface area contributed by atoms with Crippen molar-refractivity contribution < 1.29 is 19.4 Å². The Labute approximate surface area is 205 Å². The number of amides is 1. The molecule has 4 rings (SSSR count). The van der Waals surface area contributed by atoms with E-state index in [4.69, 9.17) is 21.1 Å². The zero-order valence-electron chi connectivity index (χ0n) is 19.8. The molecule has 0 atom stereocenters. The lowest BCUT2D eigenvalue weighted by atomic mass is 9.92. The molecule has 0 aromatic heterocycles. The Hall–Kier alpha value is -3.22. The van der Waals surface area contributed by atoms with E-state index in [1.807, 2.05) is 62.4 Å². The van der Waals surface area contributed by atoms with E-state index in [0.29, 0.717) is 22.9 Å². The summed E-state index contributed by atoms with van der Waals surface area (Å²) in [6, 6.07) is 17.1. The maximum Gasteiger partial charge on any atom is 0.251 e. The Morgan fingerprint density at radius 2 is 1.82 bits per heavy atom. The van der Waals surface area contributed by atoms with Gasteiger partial charge in [0, 0.05) is 29.8 Å². The maximum absolute atomic E-state index is 13.1. The number of benzene rings is 3. The van der Waals surface area contributed by atoms with Gasteiger partial charge in [0.05, 0.1) is 18.5 Å². The highest BCUT2D eigenvalue weighted by Crippen LogP contribution is 2.44. The number of hydrogen-bond donors (Lipinski definition) is 2. The lowest BCUT2D eigenvalue weighted by molar-refractivity contribution is -0.121. The third-order valence-electron chi connectivity index (χ3n) is 6.08. The molecule has 2 N–H and O–H groups in total. The number of para-hydroxylation sites is 1. The van der Waals surface area contributed by atoms with Crippen LogP contribution in [0.2, 0.25) is 5.02 Å². The van der Waals surface area contributed by atoms with Crippen molar-refractivity contribution in [2.45, 2.75) is 32.4 Å². The number of carbonyl (C=O) groups is 1. The first-order valence-corrected chi connectivity index (χ1v) is 11.5. The van der Waals surface area contributed by atoms with Crippen LogP contribution in [0.4, 0.5) is 11.4 Å². The summed E-state index contributed by atoms with van der Waals surface area (Å²) >= 11 is 6.35. The highest BCUT2D eigenvalue weighted by Gasteiger charge is 2.38. The molecule has 1 amide bonds. The second-order valence-electron chi connectivity index (χ2n) is 8.82. The standard InChI is InChI=1S/C27H29ClN2O4/c1-27(2)26(32)30(3)25-21(16-34-23-8-6-5-7-17(23)13-14-31)19(10-11-22(25)29-27)20-15-18(28)9-12-24(20)33-4/h5-12,15,29,31H,13-14,16H2,1-4H3. The first kappa shape index (κ1) is 23.9. The van der Waals surface area contributed by atoms with Gasteiger partial charge in [-0.2, -0.15) is 0 Å². The molecule has 1 heterocycles. The minimum Gasteiger partial charge on any atom is -0.496 e. The normalized spacial score (nSPS) is 14.4. The topological polar surface area (TPSA) is 71.0 Å². The molecule has 3 aromatic carbocycles. The number of likely N-dealkylation sites (N-methyl/N-ethyl adjacent to an activating group) is 1. The number of hydrogen-bond acceptors (Lipinski definition) is 5. The van der Waals surface area contributed by atoms with Crippen molar-refractivity contribution in [2.24, 2.45) is 0 Å². The van der Waals surface area contributed by atoms with E-state index in [0.717, 1.165) is 33.6 Å². The molecule has 0 bridgehead atoms. The molecule has 0 unspecified atom stereocenters. The van der Waals surface area contributed by atoms with E-state index in [2.05, 4.69) is 5.32 Å². The lowest BCUT2D eigenvalue weighted by Crippen LogP contribution is -2.52. The molecular weight excluding hydrogens is 452 g/mol. The number of carbonyl (C=O) groups excluding carboxylic acids is 1. The second kappa shape index (κ2) is 9.57. The highest BCUT2D eigenvalue weighted by atomic mass is 35.5. The van der Waals surface area contributed by atoms with Crippen LogP contribution in [-0.2, 0) is 17.8 Å². The van der Waals surface area contributed by atoms with Crippen LogP contribution in [0.15, 0.2) is 54.6 Å². The molecule has 1 aliphatic heterocycles. The number of aliphatic hydroxyl groups is 1. The van der Waals surface area contributed by atoms with Crippen molar-refractivity contribution in [1.82, 2.24) is 0 Å². The fourth-order valence-corrected chi connectivity index (χ4v) is 4.61. The van der Waals surface area contributed by atoms with Gasteiger partial charge in [0.15, 0.2) is 0 Å². The predicted molar refractivity (Wildman–Crippen MR) is 136 cm³/mol. The van der Waals surface area contributed by atoms with Gasteiger partial charge in [-0.1, -0.05) is 35.9 Å². The number of rotatable bonds is 7.